The van der Waals surface area contributed by atoms with Crippen LogP contribution < -0.4 is 5.14 Å². The number of hydrogen-bond acceptors (Lipinski definition) is 8. The van der Waals surface area contributed by atoms with Gasteiger partial charge in [0.1, 0.15) is 4.88 Å². The lowest BCUT2D eigenvalue weighted by molar-refractivity contribution is 0.185. The third-order valence-electron chi connectivity index (χ3n) is 2.34. The second-order valence-electron chi connectivity index (χ2n) is 3.68. The molecule has 2 aromatic heterocycles. The molecule has 0 aliphatic rings. The van der Waals surface area contributed by atoms with Crippen molar-refractivity contribution in [3.8, 4) is 10.7 Å². The van der Waals surface area contributed by atoms with Gasteiger partial charge in [0.25, 0.3) is 15.2 Å². The average molecular weight is 304 g/mol. The Morgan fingerprint density at radius 1 is 1.37 bits per heavy atom. The number of ether oxygens (including phenoxy) is 1. The first-order valence-electron chi connectivity index (χ1n) is 5.19. The number of nitrogens with two attached hydrogens (primary N) is 1. The molecular weight excluding hydrogens is 292 g/mol. The largest absolute Gasteiger partial charge is 0.383 e. The Balaban J connectivity index is 2.56. The molecule has 0 spiro atoms. The highest BCUT2D eigenvalue weighted by Gasteiger charge is 2.24. The van der Waals surface area contributed by atoms with E-state index in [4.69, 9.17) is 9.88 Å². The molecule has 104 valence electrons. The lowest BCUT2D eigenvalue weighted by Gasteiger charge is -2.07. The summed E-state index contributed by atoms with van der Waals surface area (Å²) < 4.78 is 33.1. The first-order chi connectivity index (χ1) is 8.95. The molecule has 2 rings (SSSR count). The van der Waals surface area contributed by atoms with Crippen LogP contribution in [0, 0.1) is 6.92 Å². The van der Waals surface area contributed by atoms with Crippen molar-refractivity contribution in [1.29, 1.82) is 0 Å². The second-order valence-corrected chi connectivity index (χ2v) is 5.89. The molecule has 2 aromatic rings. The summed E-state index contributed by atoms with van der Waals surface area (Å²) in [4.78, 5) is 0.651. The third kappa shape index (κ3) is 2.78. The predicted molar refractivity (Wildman–Crippen MR) is 66.9 cm³/mol. The minimum atomic E-state index is -3.95. The maximum atomic E-state index is 11.5. The number of hydrogen-bond donors (Lipinski definition) is 1. The molecule has 11 heteroatoms. The Labute approximate surface area is 113 Å². The van der Waals surface area contributed by atoms with Gasteiger partial charge in [0.2, 0.25) is 0 Å². The summed E-state index contributed by atoms with van der Waals surface area (Å²) >= 11 is 1.11. The molecule has 0 saturated heterocycles. The fraction of sp³-hybridized carbons (Fsp3) is 0.500. The van der Waals surface area contributed by atoms with Gasteiger partial charge < -0.3 is 4.74 Å². The van der Waals surface area contributed by atoms with Crippen LogP contribution in [-0.2, 0) is 21.3 Å². The molecule has 0 bridgehead atoms. The lowest BCUT2D eigenvalue weighted by atomic mass is 10.4. The van der Waals surface area contributed by atoms with Gasteiger partial charge in [-0.05, 0) is 18.5 Å². The van der Waals surface area contributed by atoms with Crippen LogP contribution in [0.1, 0.15) is 5.69 Å². The van der Waals surface area contributed by atoms with Gasteiger partial charge in [0.15, 0.2) is 5.82 Å². The summed E-state index contributed by atoms with van der Waals surface area (Å²) in [7, 11) is -2.44. The third-order valence-corrected chi connectivity index (χ3v) is 3.98. The molecule has 0 atom stereocenters. The van der Waals surface area contributed by atoms with Gasteiger partial charge in [-0.3, -0.25) is 4.57 Å². The predicted octanol–water partition coefficient (Wildman–Crippen LogP) is -0.601. The minimum absolute atomic E-state index is 0.266. The number of rotatable bonds is 5. The van der Waals surface area contributed by atoms with Crippen molar-refractivity contribution in [2.45, 2.75) is 18.6 Å². The molecule has 0 aromatic carbocycles. The van der Waals surface area contributed by atoms with Crippen LogP contribution in [0.2, 0.25) is 0 Å². The SMILES string of the molecule is COCCn1c(-c2snnc2C)nnc1S(N)(=O)=O. The van der Waals surface area contributed by atoms with E-state index in [0.29, 0.717) is 23.0 Å². The van der Waals surface area contributed by atoms with Gasteiger partial charge in [0, 0.05) is 7.11 Å². The quantitative estimate of drug-likeness (QED) is 0.781. The smallest absolute Gasteiger partial charge is 0.273 e. The highest BCUT2D eigenvalue weighted by Crippen LogP contribution is 2.25. The molecule has 9 nitrogen and oxygen atoms in total. The monoisotopic (exact) mass is 304 g/mol. The van der Waals surface area contributed by atoms with E-state index in [1.165, 1.54) is 11.7 Å². The highest BCUT2D eigenvalue weighted by molar-refractivity contribution is 7.89. The average Bonchev–Trinajstić information content (AvgIpc) is 2.90. The summed E-state index contributed by atoms with van der Waals surface area (Å²) in [5.41, 5.74) is 0.650. The van der Waals surface area contributed by atoms with E-state index in [2.05, 4.69) is 19.8 Å². The number of methoxy groups -OCH3 is 1. The number of nitrogens with zero attached hydrogens (tertiary/aromatic N) is 5. The van der Waals surface area contributed by atoms with E-state index >= 15 is 0 Å². The number of aryl methyl sites for hydroxylation is 1. The Morgan fingerprint density at radius 3 is 2.63 bits per heavy atom. The molecule has 0 unspecified atom stereocenters. The Hall–Kier alpha value is -1.43. The van der Waals surface area contributed by atoms with E-state index < -0.39 is 10.0 Å². The first kappa shape index (κ1) is 14.0. The molecule has 0 amide bonds. The molecule has 0 fully saturated rings. The fourth-order valence-electron chi connectivity index (χ4n) is 1.49. The number of primary sulfonamides is 1. The van der Waals surface area contributed by atoms with Crippen molar-refractivity contribution in [2.24, 2.45) is 5.14 Å². The topological polar surface area (TPSA) is 126 Å². The first-order valence-corrected chi connectivity index (χ1v) is 7.51. The zero-order valence-electron chi connectivity index (χ0n) is 10.3. The Morgan fingerprint density at radius 2 is 2.11 bits per heavy atom. The van der Waals surface area contributed by atoms with Crippen molar-refractivity contribution >= 4 is 21.6 Å². The van der Waals surface area contributed by atoms with E-state index in [1.54, 1.807) is 6.92 Å². The Bertz CT molecular complexity index is 676. The normalized spacial score (nSPS) is 11.9. The summed E-state index contributed by atoms with van der Waals surface area (Å²) in [5.74, 6) is 0.369. The maximum absolute atomic E-state index is 11.5. The molecule has 0 aliphatic carbocycles. The number of sulfonamides is 1. The maximum Gasteiger partial charge on any atom is 0.273 e. The van der Waals surface area contributed by atoms with Gasteiger partial charge >= 0.3 is 0 Å². The van der Waals surface area contributed by atoms with Crippen LogP contribution >= 0.6 is 11.5 Å². The van der Waals surface area contributed by atoms with Crippen LogP contribution in [0.25, 0.3) is 10.7 Å². The van der Waals surface area contributed by atoms with Crippen molar-refractivity contribution in [3.05, 3.63) is 5.69 Å². The molecular formula is C8H12N6O3S2. The summed E-state index contributed by atoms with van der Waals surface area (Å²) in [5, 5.41) is 16.2. The molecule has 2 heterocycles. The van der Waals surface area contributed by atoms with Gasteiger partial charge in [-0.2, -0.15) is 0 Å². The summed E-state index contributed by atoms with van der Waals surface area (Å²) in [6, 6.07) is 0. The van der Waals surface area contributed by atoms with E-state index in [1.807, 2.05) is 0 Å². The van der Waals surface area contributed by atoms with Crippen molar-refractivity contribution in [3.63, 3.8) is 0 Å². The zero-order chi connectivity index (χ0) is 14.0. The van der Waals surface area contributed by atoms with Gasteiger partial charge in [-0.15, -0.1) is 15.3 Å². The van der Waals surface area contributed by atoms with Crippen LogP contribution in [0.15, 0.2) is 5.16 Å². The van der Waals surface area contributed by atoms with Crippen LogP contribution in [0.3, 0.4) is 0 Å². The lowest BCUT2D eigenvalue weighted by Crippen LogP contribution is -2.20. The zero-order valence-corrected chi connectivity index (χ0v) is 11.9. The summed E-state index contributed by atoms with van der Waals surface area (Å²) in [6.07, 6.45) is 0. The molecule has 19 heavy (non-hydrogen) atoms. The summed E-state index contributed by atoms with van der Waals surface area (Å²) in [6.45, 7) is 2.32. The van der Waals surface area contributed by atoms with E-state index in [-0.39, 0.29) is 11.7 Å². The molecule has 0 radical (unpaired) electrons. The molecule has 2 N–H and O–H groups in total. The van der Waals surface area contributed by atoms with Gasteiger partial charge in [0.05, 0.1) is 18.8 Å². The van der Waals surface area contributed by atoms with Crippen LogP contribution in [0.4, 0.5) is 0 Å². The fourth-order valence-corrected chi connectivity index (χ4v) is 2.78. The molecule has 0 aliphatic heterocycles. The second kappa shape index (κ2) is 5.28. The van der Waals surface area contributed by atoms with Crippen LogP contribution in [0.5, 0.6) is 0 Å². The molecule has 0 saturated carbocycles. The van der Waals surface area contributed by atoms with Gasteiger partial charge in [-0.1, -0.05) is 4.49 Å². The van der Waals surface area contributed by atoms with Crippen molar-refractivity contribution in [2.75, 3.05) is 13.7 Å². The standard InChI is InChI=1S/C8H12N6O3S2/c1-5-6(18-13-10-5)7-11-12-8(19(9,15)16)14(7)3-4-17-2/h3-4H2,1-2H3,(H2,9,15,16). The Kier molecular flexibility index (Phi) is 3.89. The van der Waals surface area contributed by atoms with Crippen LogP contribution in [-0.4, -0.2) is 46.5 Å². The highest BCUT2D eigenvalue weighted by atomic mass is 32.2. The van der Waals surface area contributed by atoms with E-state index in [9.17, 15) is 8.42 Å². The van der Waals surface area contributed by atoms with Crippen molar-refractivity contribution in [1.82, 2.24) is 24.4 Å². The van der Waals surface area contributed by atoms with Crippen molar-refractivity contribution < 1.29 is 13.2 Å². The minimum Gasteiger partial charge on any atom is -0.383 e. The number of aromatic nitrogens is 5. The van der Waals surface area contributed by atoms with E-state index in [0.717, 1.165) is 11.5 Å². The van der Waals surface area contributed by atoms with Gasteiger partial charge in [-0.25, -0.2) is 13.6 Å².